The Labute approximate surface area is 111 Å². The lowest BCUT2D eigenvalue weighted by molar-refractivity contribution is -0.384. The summed E-state index contributed by atoms with van der Waals surface area (Å²) in [6.45, 7) is 1.96. The molecule has 0 unspecified atom stereocenters. The number of nitro groups is 1. The van der Waals surface area contributed by atoms with Crippen LogP contribution in [0.5, 0.6) is 0 Å². The van der Waals surface area contributed by atoms with Gasteiger partial charge in [0.15, 0.2) is 0 Å². The van der Waals surface area contributed by atoms with E-state index in [1.165, 1.54) is 12.1 Å². The van der Waals surface area contributed by atoms with Gasteiger partial charge >= 0.3 is 0 Å². The Balaban J connectivity index is 2.23. The average Bonchev–Trinajstić information content (AvgIpc) is 2.41. The molecule has 0 aliphatic heterocycles. The van der Waals surface area contributed by atoms with Crippen LogP contribution in [0.15, 0.2) is 42.5 Å². The van der Waals surface area contributed by atoms with Crippen LogP contribution in [0.2, 0.25) is 0 Å². The third-order valence-electron chi connectivity index (χ3n) is 2.98. The standard InChI is InChI=1S/C15H14N2O2/c1-11-13(3-2-4-15(11)16)8-5-12-6-9-14(10-7-12)17(18)19/h2-10H,16H2,1H3. The van der Waals surface area contributed by atoms with Crippen LogP contribution in [-0.4, -0.2) is 4.92 Å². The number of nitro benzene ring substituents is 1. The molecule has 4 nitrogen and oxygen atoms in total. The molecule has 19 heavy (non-hydrogen) atoms. The van der Waals surface area contributed by atoms with Gasteiger partial charge in [0.1, 0.15) is 0 Å². The van der Waals surface area contributed by atoms with Gasteiger partial charge in [-0.2, -0.15) is 0 Å². The Bertz CT molecular complexity index is 631. The number of rotatable bonds is 3. The van der Waals surface area contributed by atoms with E-state index >= 15 is 0 Å². The van der Waals surface area contributed by atoms with Crippen LogP contribution in [0, 0.1) is 17.0 Å². The zero-order chi connectivity index (χ0) is 13.8. The number of hydrogen-bond acceptors (Lipinski definition) is 3. The molecule has 0 radical (unpaired) electrons. The van der Waals surface area contributed by atoms with Crippen LogP contribution in [0.3, 0.4) is 0 Å². The fourth-order valence-electron chi connectivity index (χ4n) is 1.75. The van der Waals surface area contributed by atoms with Gasteiger partial charge in [-0.15, -0.1) is 0 Å². The molecule has 2 aromatic carbocycles. The molecule has 2 N–H and O–H groups in total. The van der Waals surface area contributed by atoms with Crippen LogP contribution >= 0.6 is 0 Å². The molecule has 4 heteroatoms. The van der Waals surface area contributed by atoms with Gasteiger partial charge in [-0.25, -0.2) is 0 Å². The third kappa shape index (κ3) is 2.98. The fraction of sp³-hybridized carbons (Fsp3) is 0.0667. The summed E-state index contributed by atoms with van der Waals surface area (Å²) in [4.78, 5) is 10.1. The van der Waals surface area contributed by atoms with E-state index in [2.05, 4.69) is 0 Å². The van der Waals surface area contributed by atoms with E-state index in [9.17, 15) is 10.1 Å². The first-order valence-electron chi connectivity index (χ1n) is 5.85. The van der Waals surface area contributed by atoms with Crippen molar-refractivity contribution in [3.05, 3.63) is 69.3 Å². The minimum absolute atomic E-state index is 0.0947. The Kier molecular flexibility index (Phi) is 3.61. The molecule has 96 valence electrons. The highest BCUT2D eigenvalue weighted by atomic mass is 16.6. The maximum atomic E-state index is 10.5. The Hall–Kier alpha value is -2.62. The van der Waals surface area contributed by atoms with Crippen LogP contribution in [-0.2, 0) is 0 Å². The lowest BCUT2D eigenvalue weighted by atomic mass is 10.1. The maximum Gasteiger partial charge on any atom is 0.269 e. The van der Waals surface area contributed by atoms with Crippen molar-refractivity contribution in [1.29, 1.82) is 0 Å². The van der Waals surface area contributed by atoms with Crippen molar-refractivity contribution in [2.45, 2.75) is 6.92 Å². The van der Waals surface area contributed by atoms with Gasteiger partial charge in [-0.05, 0) is 41.8 Å². The van der Waals surface area contributed by atoms with Crippen molar-refractivity contribution in [3.8, 4) is 0 Å². The number of hydrogen-bond donors (Lipinski definition) is 1. The molecule has 0 spiro atoms. The third-order valence-corrected chi connectivity index (χ3v) is 2.98. The highest BCUT2D eigenvalue weighted by Gasteiger charge is 2.02. The van der Waals surface area contributed by atoms with Crippen molar-refractivity contribution in [2.24, 2.45) is 0 Å². The average molecular weight is 254 g/mol. The van der Waals surface area contributed by atoms with Gasteiger partial charge in [-0.1, -0.05) is 24.3 Å². The monoisotopic (exact) mass is 254 g/mol. The quantitative estimate of drug-likeness (QED) is 0.393. The zero-order valence-corrected chi connectivity index (χ0v) is 10.5. The molecule has 0 saturated carbocycles. The minimum Gasteiger partial charge on any atom is -0.398 e. The molecule has 0 amide bonds. The summed E-state index contributed by atoms with van der Waals surface area (Å²) in [5.74, 6) is 0. The molecule has 0 aromatic heterocycles. The molecule has 0 heterocycles. The summed E-state index contributed by atoms with van der Waals surface area (Å²) in [6.07, 6.45) is 3.86. The lowest BCUT2D eigenvalue weighted by Crippen LogP contribution is -1.90. The molecule has 0 saturated heterocycles. The number of nitrogens with two attached hydrogens (primary N) is 1. The molecular formula is C15H14N2O2. The molecule has 0 aliphatic carbocycles. The van der Waals surface area contributed by atoms with Crippen molar-refractivity contribution in [2.75, 3.05) is 5.73 Å². The number of nitrogens with zero attached hydrogens (tertiary/aromatic N) is 1. The fourth-order valence-corrected chi connectivity index (χ4v) is 1.75. The molecular weight excluding hydrogens is 240 g/mol. The summed E-state index contributed by atoms with van der Waals surface area (Å²) in [5.41, 5.74) is 9.66. The van der Waals surface area contributed by atoms with Crippen LogP contribution in [0.1, 0.15) is 16.7 Å². The molecule has 2 aromatic rings. The number of nitrogen functional groups attached to an aromatic ring is 1. The predicted molar refractivity (Wildman–Crippen MR) is 77.6 cm³/mol. The van der Waals surface area contributed by atoms with Crippen molar-refractivity contribution >= 4 is 23.5 Å². The van der Waals surface area contributed by atoms with Crippen molar-refractivity contribution in [3.63, 3.8) is 0 Å². The summed E-state index contributed by atoms with van der Waals surface area (Å²) in [7, 11) is 0. The Morgan fingerprint density at radius 1 is 1.11 bits per heavy atom. The van der Waals surface area contributed by atoms with E-state index < -0.39 is 4.92 Å². The van der Waals surface area contributed by atoms with Crippen molar-refractivity contribution < 1.29 is 4.92 Å². The van der Waals surface area contributed by atoms with Gasteiger partial charge < -0.3 is 5.73 Å². The predicted octanol–water partition coefficient (Wildman–Crippen LogP) is 3.66. The van der Waals surface area contributed by atoms with E-state index in [0.717, 1.165) is 22.4 Å². The topological polar surface area (TPSA) is 69.2 Å². The highest BCUT2D eigenvalue weighted by molar-refractivity contribution is 5.73. The molecule has 0 fully saturated rings. The highest BCUT2D eigenvalue weighted by Crippen LogP contribution is 2.19. The maximum absolute atomic E-state index is 10.5. The number of non-ortho nitro benzene ring substituents is 1. The summed E-state index contributed by atoms with van der Waals surface area (Å²) in [5, 5.41) is 10.5. The van der Waals surface area contributed by atoms with Gasteiger partial charge in [0.2, 0.25) is 0 Å². The molecule has 2 rings (SSSR count). The molecule has 0 atom stereocenters. The summed E-state index contributed by atoms with van der Waals surface area (Å²) >= 11 is 0. The van der Waals surface area contributed by atoms with Gasteiger partial charge in [0.25, 0.3) is 5.69 Å². The van der Waals surface area contributed by atoms with E-state index in [1.807, 2.05) is 37.3 Å². The van der Waals surface area contributed by atoms with E-state index in [1.54, 1.807) is 12.1 Å². The minimum atomic E-state index is -0.407. The summed E-state index contributed by atoms with van der Waals surface area (Å²) < 4.78 is 0. The molecule has 0 bridgehead atoms. The first-order valence-corrected chi connectivity index (χ1v) is 5.85. The second-order valence-corrected chi connectivity index (χ2v) is 4.24. The second-order valence-electron chi connectivity index (χ2n) is 4.24. The Morgan fingerprint density at radius 3 is 2.42 bits per heavy atom. The number of benzene rings is 2. The normalized spacial score (nSPS) is 10.8. The lowest BCUT2D eigenvalue weighted by Gasteiger charge is -2.03. The second kappa shape index (κ2) is 5.35. The van der Waals surface area contributed by atoms with Gasteiger partial charge in [0, 0.05) is 17.8 Å². The summed E-state index contributed by atoms with van der Waals surface area (Å²) in [6, 6.07) is 12.2. The van der Waals surface area contributed by atoms with Crippen LogP contribution in [0.4, 0.5) is 11.4 Å². The Morgan fingerprint density at radius 2 is 1.79 bits per heavy atom. The first kappa shape index (κ1) is 12.8. The van der Waals surface area contributed by atoms with Crippen LogP contribution in [0.25, 0.3) is 12.2 Å². The van der Waals surface area contributed by atoms with Crippen LogP contribution < -0.4 is 5.73 Å². The van der Waals surface area contributed by atoms with Crippen molar-refractivity contribution in [1.82, 2.24) is 0 Å². The molecule has 0 aliphatic rings. The zero-order valence-electron chi connectivity index (χ0n) is 10.5. The van der Waals surface area contributed by atoms with E-state index in [-0.39, 0.29) is 5.69 Å². The largest absolute Gasteiger partial charge is 0.398 e. The smallest absolute Gasteiger partial charge is 0.269 e. The number of anilines is 1. The van der Waals surface area contributed by atoms with Gasteiger partial charge in [-0.3, -0.25) is 10.1 Å². The SMILES string of the molecule is Cc1c(N)cccc1C=Cc1ccc([N+](=O)[O-])cc1. The first-order chi connectivity index (χ1) is 9.08. The van der Waals surface area contributed by atoms with Gasteiger partial charge in [0.05, 0.1) is 4.92 Å². The van der Waals surface area contributed by atoms with E-state index in [4.69, 9.17) is 5.73 Å². The van der Waals surface area contributed by atoms with E-state index in [0.29, 0.717) is 0 Å².